The number of carbonyl (C=O) groups excluding carboxylic acids is 3. The normalized spacial score (nSPS) is 11.1. The number of nitrogens with one attached hydrogen (secondary N) is 3. The van der Waals surface area contributed by atoms with E-state index >= 15 is 0 Å². The Morgan fingerprint density at radius 1 is 0.474 bits per heavy atom. The Bertz CT molecular complexity index is 2740. The molecule has 3 aromatic heterocycles. The van der Waals surface area contributed by atoms with Crippen LogP contribution in [-0.4, -0.2) is 96.7 Å². The number of aliphatic hydroxyl groups is 3. The van der Waals surface area contributed by atoms with E-state index in [2.05, 4.69) is 16.0 Å². The van der Waals surface area contributed by atoms with Gasteiger partial charge >= 0.3 is 0 Å². The molecule has 0 fully saturated rings. The van der Waals surface area contributed by atoms with Gasteiger partial charge in [0.15, 0.2) is 34.3 Å². The first-order valence-corrected chi connectivity index (χ1v) is 24.9. The molecule has 402 valence electrons. The van der Waals surface area contributed by atoms with E-state index in [9.17, 15) is 54.2 Å². The minimum atomic E-state index is -1.69. The van der Waals surface area contributed by atoms with Gasteiger partial charge in [-0.15, -0.1) is 0 Å². The number of aromatic nitrogens is 3. The van der Waals surface area contributed by atoms with Crippen molar-refractivity contribution in [2.75, 3.05) is 39.5 Å². The zero-order valence-electron chi connectivity index (χ0n) is 42.0. The minimum absolute atomic E-state index is 0.0282. The van der Waals surface area contributed by atoms with Gasteiger partial charge in [-0.3, -0.25) is 38.9 Å². The number of nitrogens with zero attached hydrogens (tertiary/aromatic N) is 4. The van der Waals surface area contributed by atoms with Crippen LogP contribution in [-0.2, 0) is 39.5 Å². The van der Waals surface area contributed by atoms with E-state index in [0.717, 1.165) is 16.7 Å². The predicted molar refractivity (Wildman–Crippen MR) is 280 cm³/mol. The number of ether oxygens (including phenoxy) is 3. The fourth-order valence-electron chi connectivity index (χ4n) is 8.61. The number of hydrogen-bond donors (Lipinski definition) is 6. The summed E-state index contributed by atoms with van der Waals surface area (Å²) in [6.07, 6.45) is 3.96. The summed E-state index contributed by atoms with van der Waals surface area (Å²) in [7, 11) is 0. The fourth-order valence-corrected chi connectivity index (χ4v) is 8.61. The number of carbonyl (C=O) groups is 3. The second-order valence-corrected chi connectivity index (χ2v) is 17.7. The highest BCUT2D eigenvalue weighted by Gasteiger charge is 2.41. The van der Waals surface area contributed by atoms with Crippen molar-refractivity contribution < 1.29 is 48.8 Å². The largest absolute Gasteiger partial charge is 0.483 e. The van der Waals surface area contributed by atoms with Crippen molar-refractivity contribution in [3.8, 4) is 17.2 Å². The highest BCUT2D eigenvalue weighted by atomic mass is 16.6. The van der Waals surface area contributed by atoms with Crippen LogP contribution < -0.4 is 46.4 Å². The lowest BCUT2D eigenvalue weighted by Crippen LogP contribution is -2.41. The van der Waals surface area contributed by atoms with Gasteiger partial charge in [-0.25, -0.2) is 0 Å². The molecule has 6 N–H and O–H groups in total. The van der Waals surface area contributed by atoms with E-state index in [4.69, 9.17) is 14.2 Å². The maximum Gasteiger partial charge on any atom is 0.271 e. The molecule has 6 aromatic rings. The van der Waals surface area contributed by atoms with Gasteiger partial charge < -0.3 is 59.2 Å². The molecule has 3 heterocycles. The van der Waals surface area contributed by atoms with Gasteiger partial charge in [-0.05, 0) is 36.0 Å². The number of hydrogen-bond acceptors (Lipinski definition) is 14. The maximum absolute atomic E-state index is 13.9. The molecule has 21 heteroatoms. The molecule has 0 saturated heterocycles. The molecule has 0 aliphatic carbocycles. The van der Waals surface area contributed by atoms with Crippen molar-refractivity contribution >= 4 is 17.7 Å². The van der Waals surface area contributed by atoms with E-state index in [1.54, 1.807) is 72.8 Å². The Morgan fingerprint density at radius 2 is 0.750 bits per heavy atom. The smallest absolute Gasteiger partial charge is 0.271 e. The zero-order chi connectivity index (χ0) is 54.3. The number of aliphatic hydroxyl groups excluding tert-OH is 3. The number of amides is 3. The highest BCUT2D eigenvalue weighted by molar-refractivity contribution is 5.96. The van der Waals surface area contributed by atoms with Crippen LogP contribution in [0.15, 0.2) is 142 Å². The molecule has 3 aromatic carbocycles. The van der Waals surface area contributed by atoms with Crippen molar-refractivity contribution in [3.05, 3.63) is 202 Å². The van der Waals surface area contributed by atoms with Crippen LogP contribution in [0.1, 0.15) is 86.7 Å². The Morgan fingerprint density at radius 3 is 1.00 bits per heavy atom. The SMILES string of the molecule is O=C(NCCCC(CCCNC(=O)c1c(OCc2ccccc2)c(=O)ccn1CCO)(CCCNC(=O)c1c(OCc2ccccc2)c(=O)ccn1CCO)[N+](=O)[O-])c1c(OCc2ccccc2)c(=O)ccn1CCO. The summed E-state index contributed by atoms with van der Waals surface area (Å²) in [4.78, 5) is 93.9. The Hall–Kier alpha value is -8.40. The number of benzene rings is 3. The van der Waals surface area contributed by atoms with Crippen LogP contribution in [0, 0.1) is 10.1 Å². The zero-order valence-corrected chi connectivity index (χ0v) is 42.0. The second-order valence-electron chi connectivity index (χ2n) is 17.7. The average molecular weight is 1050 g/mol. The minimum Gasteiger partial charge on any atom is -0.483 e. The lowest BCUT2D eigenvalue weighted by Gasteiger charge is -2.26. The molecule has 0 aliphatic rings. The van der Waals surface area contributed by atoms with Crippen molar-refractivity contribution in [3.63, 3.8) is 0 Å². The third-order valence-electron chi connectivity index (χ3n) is 12.4. The first-order chi connectivity index (χ1) is 36.9. The van der Waals surface area contributed by atoms with Crippen LogP contribution in [0.25, 0.3) is 0 Å². The fraction of sp³-hybridized carbons (Fsp3) is 0.345. The van der Waals surface area contributed by atoms with E-state index in [1.165, 1.54) is 50.5 Å². The van der Waals surface area contributed by atoms with Crippen molar-refractivity contribution in [2.45, 2.75) is 83.5 Å². The molecule has 0 spiro atoms. The quantitative estimate of drug-likeness (QED) is 0.0205. The van der Waals surface area contributed by atoms with Gasteiger partial charge in [0.2, 0.25) is 21.8 Å². The van der Waals surface area contributed by atoms with E-state index in [0.29, 0.717) is 0 Å². The van der Waals surface area contributed by atoms with Crippen molar-refractivity contribution in [1.29, 1.82) is 0 Å². The molecule has 0 aliphatic heterocycles. The Balaban J connectivity index is 1.19. The number of nitro groups is 1. The predicted octanol–water partition coefficient (Wildman–Crippen LogP) is 3.83. The van der Waals surface area contributed by atoms with E-state index in [-0.39, 0.29) is 152 Å². The summed E-state index contributed by atoms with van der Waals surface area (Å²) in [5.74, 6) is -2.86. The maximum atomic E-state index is 13.9. The molecule has 3 amide bonds. The molecular formula is C55H63N7O14. The van der Waals surface area contributed by atoms with Crippen LogP contribution >= 0.6 is 0 Å². The number of rotatable bonds is 31. The molecule has 0 atom stereocenters. The van der Waals surface area contributed by atoms with Crippen LogP contribution in [0.5, 0.6) is 17.2 Å². The van der Waals surface area contributed by atoms with E-state index < -0.39 is 44.5 Å². The summed E-state index contributed by atoms with van der Waals surface area (Å²) >= 11 is 0. The van der Waals surface area contributed by atoms with Gasteiger partial charge in [0.1, 0.15) is 19.8 Å². The molecular weight excluding hydrogens is 983 g/mol. The van der Waals surface area contributed by atoms with Crippen LogP contribution in [0.2, 0.25) is 0 Å². The summed E-state index contributed by atoms with van der Waals surface area (Å²) < 4.78 is 21.8. The monoisotopic (exact) mass is 1050 g/mol. The first kappa shape index (κ1) is 56.9. The second kappa shape index (κ2) is 28.9. The summed E-state index contributed by atoms with van der Waals surface area (Å²) in [6, 6.07) is 30.6. The third kappa shape index (κ3) is 15.6. The molecule has 0 radical (unpaired) electrons. The average Bonchev–Trinajstić information content (AvgIpc) is 3.43. The molecule has 76 heavy (non-hydrogen) atoms. The summed E-state index contributed by atoms with van der Waals surface area (Å²) in [6.45, 7) is -1.56. The summed E-state index contributed by atoms with van der Waals surface area (Å²) in [5, 5.41) is 51.0. The summed E-state index contributed by atoms with van der Waals surface area (Å²) in [5.41, 5.74) is -1.61. The standard InChI is InChI=1S/C55H63N7O14/c63-34-31-59-28-19-43(66)49(74-37-40-13-4-1-5-14-40)46(59)52(69)56-25-10-22-55(62(72)73,23-11-26-57-53(70)47-50(44(67)20-29-60(47)32-35-64)75-38-41-15-6-2-7-16-41)24-12-27-58-54(71)48-51(45(68)21-30-61(48)33-36-65)76-39-42-17-8-3-9-18-42/h1-9,13-21,28-30,63-65H,10-12,22-27,31-39H2,(H,56,69)(H,57,70)(H,58,71). The molecule has 0 bridgehead atoms. The van der Waals surface area contributed by atoms with Gasteiger partial charge in [0, 0.05) is 100 Å². The molecule has 0 unspecified atom stereocenters. The molecule has 6 rings (SSSR count). The number of pyridine rings is 3. The molecule has 21 nitrogen and oxygen atoms in total. The third-order valence-corrected chi connectivity index (χ3v) is 12.4. The van der Waals surface area contributed by atoms with E-state index in [1.807, 2.05) is 18.2 Å². The van der Waals surface area contributed by atoms with Crippen molar-refractivity contribution in [1.82, 2.24) is 29.7 Å². The lowest BCUT2D eigenvalue weighted by molar-refractivity contribution is -0.574. The van der Waals surface area contributed by atoms with Gasteiger partial charge in [-0.2, -0.15) is 0 Å². The van der Waals surface area contributed by atoms with Gasteiger partial charge in [0.25, 0.3) is 17.7 Å². The van der Waals surface area contributed by atoms with Crippen LogP contribution in [0.3, 0.4) is 0 Å². The molecule has 0 saturated carbocycles. The van der Waals surface area contributed by atoms with Crippen molar-refractivity contribution in [2.24, 2.45) is 0 Å². The Kier molecular flexibility index (Phi) is 21.6. The van der Waals surface area contributed by atoms with Crippen LogP contribution in [0.4, 0.5) is 0 Å². The Labute approximate surface area is 437 Å². The first-order valence-electron chi connectivity index (χ1n) is 24.9. The highest BCUT2D eigenvalue weighted by Crippen LogP contribution is 2.29. The topological polar surface area (TPSA) is 285 Å². The lowest BCUT2D eigenvalue weighted by atomic mass is 9.84. The van der Waals surface area contributed by atoms with Gasteiger partial charge in [-0.1, -0.05) is 91.0 Å². The van der Waals surface area contributed by atoms with Gasteiger partial charge in [0.05, 0.1) is 19.8 Å².